The Morgan fingerprint density at radius 3 is 2.70 bits per heavy atom. The van der Waals surface area contributed by atoms with Crippen LogP contribution in [-0.2, 0) is 11.2 Å². The van der Waals surface area contributed by atoms with Gasteiger partial charge in [-0.25, -0.2) is 0 Å². The fourth-order valence-corrected chi connectivity index (χ4v) is 2.57. The number of carbonyl (C=O) groups is 2. The summed E-state index contributed by atoms with van der Waals surface area (Å²) in [5.41, 5.74) is 8.09. The minimum atomic E-state index is -0.505. The lowest BCUT2D eigenvalue weighted by atomic mass is 9.99. The largest absolute Gasteiger partial charge is 0.393 e. The fraction of sp³-hybridized carbons (Fsp3) is 0.389. The van der Waals surface area contributed by atoms with Gasteiger partial charge < -0.3 is 10.8 Å². The van der Waals surface area contributed by atoms with Crippen molar-refractivity contribution in [1.82, 2.24) is 4.98 Å². The van der Waals surface area contributed by atoms with Crippen LogP contribution in [0.5, 0.6) is 0 Å². The smallest absolute Gasteiger partial charge is 0.249 e. The number of nitrogens with zero attached hydrogens (tertiary/aromatic N) is 1. The van der Waals surface area contributed by atoms with Crippen molar-refractivity contribution in [1.29, 1.82) is 0 Å². The van der Waals surface area contributed by atoms with E-state index in [2.05, 4.69) is 4.98 Å². The SMILES string of the molecule is CCC(O)CCC(=O)Cc1ccc2nc(C)cc(C(N)=O)c2c1. The van der Waals surface area contributed by atoms with Crippen molar-refractivity contribution in [3.63, 3.8) is 0 Å². The Balaban J connectivity index is 2.23. The zero-order valence-electron chi connectivity index (χ0n) is 13.5. The van der Waals surface area contributed by atoms with Gasteiger partial charge >= 0.3 is 0 Å². The highest BCUT2D eigenvalue weighted by Gasteiger charge is 2.12. The Labute approximate surface area is 135 Å². The minimum absolute atomic E-state index is 0.0672. The van der Waals surface area contributed by atoms with Crippen LogP contribution in [0.2, 0.25) is 0 Å². The molecule has 23 heavy (non-hydrogen) atoms. The van der Waals surface area contributed by atoms with Crippen LogP contribution < -0.4 is 5.73 Å². The molecule has 0 aliphatic carbocycles. The number of pyridine rings is 1. The first-order valence-corrected chi connectivity index (χ1v) is 7.80. The zero-order valence-corrected chi connectivity index (χ0v) is 13.5. The first kappa shape index (κ1) is 17.1. The van der Waals surface area contributed by atoms with E-state index in [0.717, 1.165) is 11.3 Å². The van der Waals surface area contributed by atoms with Gasteiger partial charge in [0.1, 0.15) is 5.78 Å². The maximum atomic E-state index is 12.0. The number of hydrogen-bond acceptors (Lipinski definition) is 4. The molecule has 0 bridgehead atoms. The highest BCUT2D eigenvalue weighted by atomic mass is 16.3. The van der Waals surface area contributed by atoms with Crippen molar-refractivity contribution >= 4 is 22.6 Å². The Hall–Kier alpha value is -2.27. The first-order valence-electron chi connectivity index (χ1n) is 7.80. The third-order valence-corrected chi connectivity index (χ3v) is 3.90. The molecule has 0 radical (unpaired) electrons. The summed E-state index contributed by atoms with van der Waals surface area (Å²) in [4.78, 5) is 28.0. The number of ketones is 1. The number of fused-ring (bicyclic) bond motifs is 1. The second-order valence-electron chi connectivity index (χ2n) is 5.84. The maximum Gasteiger partial charge on any atom is 0.249 e. The first-order chi connectivity index (χ1) is 10.9. The van der Waals surface area contributed by atoms with Crippen molar-refractivity contribution in [2.45, 2.75) is 45.6 Å². The summed E-state index contributed by atoms with van der Waals surface area (Å²) in [7, 11) is 0. The van der Waals surface area contributed by atoms with E-state index in [9.17, 15) is 14.7 Å². The molecule has 0 aliphatic rings. The highest BCUT2D eigenvalue weighted by Crippen LogP contribution is 2.20. The van der Waals surface area contributed by atoms with E-state index in [1.807, 2.05) is 19.9 Å². The Morgan fingerprint density at radius 2 is 2.04 bits per heavy atom. The Kier molecular flexibility index (Phi) is 5.45. The number of hydrogen-bond donors (Lipinski definition) is 2. The van der Waals surface area contributed by atoms with E-state index in [-0.39, 0.29) is 12.2 Å². The minimum Gasteiger partial charge on any atom is -0.393 e. The van der Waals surface area contributed by atoms with Gasteiger partial charge in [-0.05, 0) is 43.5 Å². The van der Waals surface area contributed by atoms with Crippen LogP contribution in [0.3, 0.4) is 0 Å². The molecule has 0 saturated carbocycles. The van der Waals surface area contributed by atoms with Gasteiger partial charge in [0.2, 0.25) is 5.91 Å². The molecular formula is C18H22N2O3. The molecule has 0 spiro atoms. The molecule has 2 aromatic rings. The maximum absolute atomic E-state index is 12.0. The van der Waals surface area contributed by atoms with Gasteiger partial charge in [-0.2, -0.15) is 0 Å². The lowest BCUT2D eigenvalue weighted by Crippen LogP contribution is -2.13. The van der Waals surface area contributed by atoms with E-state index in [1.54, 1.807) is 18.2 Å². The van der Waals surface area contributed by atoms with Gasteiger partial charge in [0.25, 0.3) is 0 Å². The third-order valence-electron chi connectivity index (χ3n) is 3.90. The number of rotatable bonds is 7. The van der Waals surface area contributed by atoms with Crippen LogP contribution in [0.1, 0.15) is 47.8 Å². The Bertz CT molecular complexity index is 740. The zero-order chi connectivity index (χ0) is 17.0. The van der Waals surface area contributed by atoms with Crippen molar-refractivity contribution in [3.05, 3.63) is 41.1 Å². The predicted octanol–water partition coefficient (Wildman–Crippen LogP) is 2.30. The molecule has 1 aromatic heterocycles. The van der Waals surface area contributed by atoms with E-state index in [0.29, 0.717) is 35.7 Å². The molecule has 2 rings (SSSR count). The van der Waals surface area contributed by atoms with Crippen molar-refractivity contribution in [2.24, 2.45) is 5.73 Å². The molecular weight excluding hydrogens is 292 g/mol. The third kappa shape index (κ3) is 4.36. The van der Waals surface area contributed by atoms with E-state index < -0.39 is 12.0 Å². The summed E-state index contributed by atoms with van der Waals surface area (Å²) < 4.78 is 0. The number of carbonyl (C=O) groups excluding carboxylic acids is 2. The molecule has 0 fully saturated rings. The monoisotopic (exact) mass is 314 g/mol. The number of primary amides is 1. The number of amides is 1. The fourth-order valence-electron chi connectivity index (χ4n) is 2.57. The standard InChI is InChI=1S/C18H22N2O3/c1-3-13(21)5-6-14(22)9-12-4-7-17-15(10-12)16(18(19)23)8-11(2)20-17/h4,7-8,10,13,21H,3,5-6,9H2,1-2H3,(H2,19,23). The Morgan fingerprint density at radius 1 is 1.30 bits per heavy atom. The van der Waals surface area contributed by atoms with Crippen LogP contribution in [0, 0.1) is 6.92 Å². The molecule has 3 N–H and O–H groups in total. The lowest BCUT2D eigenvalue weighted by Gasteiger charge is -2.09. The van der Waals surface area contributed by atoms with Gasteiger partial charge in [-0.1, -0.05) is 13.0 Å². The molecule has 1 atom stereocenters. The van der Waals surface area contributed by atoms with Gasteiger partial charge in [0, 0.05) is 23.9 Å². The number of aliphatic hydroxyl groups excluding tert-OH is 1. The normalized spacial score (nSPS) is 12.3. The second-order valence-corrected chi connectivity index (χ2v) is 5.84. The van der Waals surface area contributed by atoms with Crippen molar-refractivity contribution in [3.8, 4) is 0 Å². The number of nitrogens with two attached hydrogens (primary N) is 1. The van der Waals surface area contributed by atoms with Crippen LogP contribution in [0.4, 0.5) is 0 Å². The van der Waals surface area contributed by atoms with Crippen molar-refractivity contribution in [2.75, 3.05) is 0 Å². The average Bonchev–Trinajstić information content (AvgIpc) is 2.51. The summed E-state index contributed by atoms with van der Waals surface area (Å²) in [5, 5.41) is 10.2. The lowest BCUT2D eigenvalue weighted by molar-refractivity contribution is -0.119. The van der Waals surface area contributed by atoms with Crippen LogP contribution in [0.25, 0.3) is 10.9 Å². The van der Waals surface area contributed by atoms with E-state index in [1.165, 1.54) is 0 Å². The topological polar surface area (TPSA) is 93.3 Å². The number of aromatic nitrogens is 1. The molecule has 0 saturated heterocycles. The van der Waals surface area contributed by atoms with Crippen molar-refractivity contribution < 1.29 is 14.7 Å². The number of benzene rings is 1. The van der Waals surface area contributed by atoms with E-state index >= 15 is 0 Å². The molecule has 1 heterocycles. The van der Waals surface area contributed by atoms with Gasteiger partial charge in [-0.3, -0.25) is 14.6 Å². The number of aryl methyl sites for hydroxylation is 1. The van der Waals surface area contributed by atoms with E-state index in [4.69, 9.17) is 5.73 Å². The van der Waals surface area contributed by atoms with Gasteiger partial charge in [0.05, 0.1) is 17.2 Å². The average molecular weight is 314 g/mol. The quantitative estimate of drug-likeness (QED) is 0.820. The summed E-state index contributed by atoms with van der Waals surface area (Å²) in [6, 6.07) is 7.11. The summed E-state index contributed by atoms with van der Waals surface area (Å²) in [6.07, 6.45) is 1.33. The molecule has 0 aliphatic heterocycles. The van der Waals surface area contributed by atoms with Crippen LogP contribution >= 0.6 is 0 Å². The van der Waals surface area contributed by atoms with Gasteiger partial charge in [-0.15, -0.1) is 0 Å². The number of Topliss-reactive ketones (excluding diaryl/α,β-unsaturated/α-hetero) is 1. The molecule has 1 unspecified atom stereocenters. The van der Waals surface area contributed by atoms with Crippen LogP contribution in [0.15, 0.2) is 24.3 Å². The predicted molar refractivity (Wildman–Crippen MR) is 89.2 cm³/mol. The summed E-state index contributed by atoms with van der Waals surface area (Å²) >= 11 is 0. The molecule has 5 nitrogen and oxygen atoms in total. The molecule has 122 valence electrons. The second kappa shape index (κ2) is 7.33. The van der Waals surface area contributed by atoms with Crippen LogP contribution in [-0.4, -0.2) is 27.9 Å². The molecule has 5 heteroatoms. The molecule has 1 amide bonds. The molecule has 1 aromatic carbocycles. The summed E-state index contributed by atoms with van der Waals surface area (Å²) in [5.74, 6) is -0.437. The number of aliphatic hydroxyl groups is 1. The summed E-state index contributed by atoms with van der Waals surface area (Å²) in [6.45, 7) is 3.70. The highest BCUT2D eigenvalue weighted by molar-refractivity contribution is 6.05. The van der Waals surface area contributed by atoms with Gasteiger partial charge in [0.15, 0.2) is 0 Å².